The molecular formula is C20H27N2O+. The third kappa shape index (κ3) is 3.74. The summed E-state index contributed by atoms with van der Waals surface area (Å²) in [5.74, 6) is 0. The van der Waals surface area contributed by atoms with E-state index in [4.69, 9.17) is 10.5 Å². The van der Waals surface area contributed by atoms with Gasteiger partial charge in [0, 0.05) is 16.8 Å². The Balaban J connectivity index is 1.87. The Hall–Kier alpha value is -1.84. The molecule has 1 aliphatic heterocycles. The highest BCUT2D eigenvalue weighted by Crippen LogP contribution is 2.25. The van der Waals surface area contributed by atoms with Crippen LogP contribution in [-0.2, 0) is 17.8 Å². The molecule has 0 aromatic heterocycles. The van der Waals surface area contributed by atoms with E-state index in [1.807, 2.05) is 0 Å². The molecule has 0 radical (unpaired) electrons. The van der Waals surface area contributed by atoms with Crippen molar-refractivity contribution in [1.82, 2.24) is 0 Å². The van der Waals surface area contributed by atoms with Crippen molar-refractivity contribution in [2.75, 3.05) is 32.0 Å². The van der Waals surface area contributed by atoms with Gasteiger partial charge in [-0.1, -0.05) is 30.3 Å². The maximum absolute atomic E-state index is 6.12. The molecule has 1 fully saturated rings. The first kappa shape index (κ1) is 16.0. The summed E-state index contributed by atoms with van der Waals surface area (Å²) in [6.07, 6.45) is 0. The maximum atomic E-state index is 6.12. The number of nitrogens with two attached hydrogens (primary N) is 1. The van der Waals surface area contributed by atoms with Crippen LogP contribution in [0.4, 0.5) is 5.69 Å². The molecule has 1 saturated heterocycles. The van der Waals surface area contributed by atoms with Crippen molar-refractivity contribution < 1.29 is 9.22 Å². The normalized spacial score (nSPS) is 17.1. The third-order valence-corrected chi connectivity index (χ3v) is 4.95. The Morgan fingerprint density at radius 2 is 1.48 bits per heavy atom. The summed E-state index contributed by atoms with van der Waals surface area (Å²) < 4.78 is 6.69. The van der Waals surface area contributed by atoms with Gasteiger partial charge in [-0.3, -0.25) is 0 Å². The predicted molar refractivity (Wildman–Crippen MR) is 95.0 cm³/mol. The van der Waals surface area contributed by atoms with Gasteiger partial charge in [0.25, 0.3) is 0 Å². The van der Waals surface area contributed by atoms with Gasteiger partial charge in [-0.05, 0) is 37.1 Å². The third-order valence-electron chi connectivity index (χ3n) is 4.95. The Morgan fingerprint density at radius 3 is 2.09 bits per heavy atom. The molecule has 2 aromatic carbocycles. The zero-order chi connectivity index (χ0) is 16.3. The lowest BCUT2D eigenvalue weighted by molar-refractivity contribution is -0.960. The second-order valence-corrected chi connectivity index (χ2v) is 6.85. The molecule has 0 spiro atoms. The van der Waals surface area contributed by atoms with Crippen molar-refractivity contribution in [3.8, 4) is 0 Å². The van der Waals surface area contributed by atoms with Crippen LogP contribution in [0.3, 0.4) is 0 Å². The average molecular weight is 311 g/mol. The van der Waals surface area contributed by atoms with Crippen LogP contribution in [0.5, 0.6) is 0 Å². The first-order valence-electron chi connectivity index (χ1n) is 8.40. The first-order chi connectivity index (χ1) is 11.1. The summed E-state index contributed by atoms with van der Waals surface area (Å²) >= 11 is 0. The van der Waals surface area contributed by atoms with Crippen molar-refractivity contribution in [2.45, 2.75) is 26.9 Å². The number of nitrogen functional groups attached to an aromatic ring is 1. The highest BCUT2D eigenvalue weighted by molar-refractivity contribution is 5.54. The molecule has 0 amide bonds. The smallest absolute Gasteiger partial charge is 0.105 e. The van der Waals surface area contributed by atoms with E-state index in [9.17, 15) is 0 Å². The molecule has 3 nitrogen and oxygen atoms in total. The van der Waals surface area contributed by atoms with Gasteiger partial charge < -0.3 is 15.0 Å². The lowest BCUT2D eigenvalue weighted by Crippen LogP contribution is -2.53. The predicted octanol–water partition coefficient (Wildman–Crippen LogP) is 3.43. The van der Waals surface area contributed by atoms with E-state index in [2.05, 4.69) is 56.3 Å². The van der Waals surface area contributed by atoms with Gasteiger partial charge in [0.1, 0.15) is 26.2 Å². The van der Waals surface area contributed by atoms with Crippen LogP contribution in [0.15, 0.2) is 42.5 Å². The molecule has 1 heterocycles. The molecule has 23 heavy (non-hydrogen) atoms. The van der Waals surface area contributed by atoms with Crippen LogP contribution in [-0.4, -0.2) is 30.8 Å². The van der Waals surface area contributed by atoms with Crippen molar-refractivity contribution in [3.05, 3.63) is 64.7 Å². The molecule has 0 atom stereocenters. The van der Waals surface area contributed by atoms with E-state index in [-0.39, 0.29) is 0 Å². The zero-order valence-electron chi connectivity index (χ0n) is 14.2. The van der Waals surface area contributed by atoms with Crippen molar-refractivity contribution in [2.24, 2.45) is 0 Å². The second kappa shape index (κ2) is 6.73. The fraction of sp³-hybridized carbons (Fsp3) is 0.400. The van der Waals surface area contributed by atoms with Gasteiger partial charge in [0.2, 0.25) is 0 Å². The average Bonchev–Trinajstić information content (AvgIpc) is 2.54. The van der Waals surface area contributed by atoms with Gasteiger partial charge >= 0.3 is 0 Å². The Morgan fingerprint density at radius 1 is 0.913 bits per heavy atom. The zero-order valence-corrected chi connectivity index (χ0v) is 14.2. The van der Waals surface area contributed by atoms with Gasteiger partial charge in [0.05, 0.1) is 13.2 Å². The van der Waals surface area contributed by atoms with Gasteiger partial charge in [0.15, 0.2) is 0 Å². The van der Waals surface area contributed by atoms with Gasteiger partial charge in [-0.2, -0.15) is 0 Å². The fourth-order valence-electron chi connectivity index (χ4n) is 3.62. The van der Waals surface area contributed by atoms with E-state index >= 15 is 0 Å². The van der Waals surface area contributed by atoms with E-state index < -0.39 is 0 Å². The minimum atomic E-state index is 0.847. The molecule has 3 heteroatoms. The molecule has 0 unspecified atom stereocenters. The van der Waals surface area contributed by atoms with Crippen molar-refractivity contribution >= 4 is 5.69 Å². The monoisotopic (exact) mass is 311 g/mol. The summed E-state index contributed by atoms with van der Waals surface area (Å²) in [6.45, 7) is 10.1. The van der Waals surface area contributed by atoms with E-state index in [0.29, 0.717) is 0 Å². The number of aryl methyl sites for hydroxylation is 2. The molecule has 3 rings (SSSR count). The summed E-state index contributed by atoms with van der Waals surface area (Å²) in [6, 6.07) is 15.3. The maximum Gasteiger partial charge on any atom is 0.105 e. The SMILES string of the molecule is Cc1cc(C[N+]2(Cc3ccccc3)CCOCC2)cc(C)c1N. The summed E-state index contributed by atoms with van der Waals surface area (Å²) in [4.78, 5) is 0. The quantitative estimate of drug-likeness (QED) is 0.693. The number of nitrogens with zero attached hydrogens (tertiary/aromatic N) is 1. The number of benzene rings is 2. The lowest BCUT2D eigenvalue weighted by atomic mass is 10.0. The second-order valence-electron chi connectivity index (χ2n) is 6.85. The number of hydrogen-bond acceptors (Lipinski definition) is 2. The van der Waals surface area contributed by atoms with E-state index in [0.717, 1.165) is 49.6 Å². The summed E-state index contributed by atoms with van der Waals surface area (Å²) in [7, 11) is 0. The molecule has 0 saturated carbocycles. The Kier molecular flexibility index (Phi) is 4.69. The minimum Gasteiger partial charge on any atom is -0.398 e. The lowest BCUT2D eigenvalue weighted by Gasteiger charge is -2.41. The molecular weight excluding hydrogens is 284 g/mol. The molecule has 2 aromatic rings. The van der Waals surface area contributed by atoms with Crippen LogP contribution >= 0.6 is 0 Å². The standard InChI is InChI=1S/C20H27N2O/c1-16-12-19(13-17(2)20(16)21)15-22(8-10-23-11-9-22)14-18-6-4-3-5-7-18/h3-7,12-13H,8-11,14-15,21H2,1-2H3/q+1. The number of quaternary nitrogens is 1. The number of hydrogen-bond donors (Lipinski definition) is 1. The number of morpholine rings is 1. The Labute approximate surface area is 139 Å². The van der Waals surface area contributed by atoms with Crippen LogP contribution in [0, 0.1) is 13.8 Å². The number of ether oxygens (including phenoxy) is 1. The van der Waals surface area contributed by atoms with Crippen LogP contribution in [0.25, 0.3) is 0 Å². The minimum absolute atomic E-state index is 0.847. The first-order valence-corrected chi connectivity index (χ1v) is 8.40. The molecule has 122 valence electrons. The molecule has 1 aliphatic rings. The van der Waals surface area contributed by atoms with E-state index in [1.54, 1.807) is 0 Å². The highest BCUT2D eigenvalue weighted by atomic mass is 16.5. The molecule has 0 bridgehead atoms. The largest absolute Gasteiger partial charge is 0.398 e. The topological polar surface area (TPSA) is 35.2 Å². The fourth-order valence-corrected chi connectivity index (χ4v) is 3.62. The summed E-state index contributed by atoms with van der Waals surface area (Å²) in [5, 5.41) is 0. The number of anilines is 1. The number of rotatable bonds is 4. The van der Waals surface area contributed by atoms with Gasteiger partial charge in [-0.15, -0.1) is 0 Å². The molecule has 0 aliphatic carbocycles. The van der Waals surface area contributed by atoms with Crippen LogP contribution in [0.2, 0.25) is 0 Å². The van der Waals surface area contributed by atoms with Crippen LogP contribution in [0.1, 0.15) is 22.3 Å². The Bertz CT molecular complexity index is 638. The van der Waals surface area contributed by atoms with Crippen molar-refractivity contribution in [3.63, 3.8) is 0 Å². The van der Waals surface area contributed by atoms with Crippen LogP contribution < -0.4 is 5.73 Å². The van der Waals surface area contributed by atoms with Gasteiger partial charge in [-0.25, -0.2) is 0 Å². The highest BCUT2D eigenvalue weighted by Gasteiger charge is 2.31. The van der Waals surface area contributed by atoms with Crippen molar-refractivity contribution in [1.29, 1.82) is 0 Å². The van der Waals surface area contributed by atoms with E-state index in [1.165, 1.54) is 22.3 Å². The summed E-state index contributed by atoms with van der Waals surface area (Å²) in [5.41, 5.74) is 12.2. The molecule has 2 N–H and O–H groups in total.